The SMILES string of the molecule is C/C(O)=C(/[C-]=N)CO. The number of aliphatic hydroxyl groups is 2. The zero-order valence-corrected chi connectivity index (χ0v) is 4.60. The molecule has 0 aliphatic carbocycles. The molecule has 3 N–H and O–H groups in total. The largest absolute Gasteiger partial charge is 0.596 e. The second kappa shape index (κ2) is 3.21. The van der Waals surface area contributed by atoms with Crippen LogP contribution >= 0.6 is 0 Å². The first kappa shape index (κ1) is 7.17. The molecule has 0 bridgehead atoms. The molecule has 0 spiro atoms. The Morgan fingerprint density at radius 1 is 1.75 bits per heavy atom. The molecule has 0 heterocycles. The van der Waals surface area contributed by atoms with Crippen LogP contribution in [0.4, 0.5) is 0 Å². The van der Waals surface area contributed by atoms with Crippen LogP contribution in [0.15, 0.2) is 11.3 Å². The summed E-state index contributed by atoms with van der Waals surface area (Å²) in [4.78, 5) is 0. The molecule has 0 saturated carbocycles. The van der Waals surface area contributed by atoms with E-state index in [0.29, 0.717) is 0 Å². The van der Waals surface area contributed by atoms with Gasteiger partial charge < -0.3 is 15.6 Å². The topological polar surface area (TPSA) is 64.3 Å². The van der Waals surface area contributed by atoms with E-state index >= 15 is 0 Å². The van der Waals surface area contributed by atoms with Crippen LogP contribution in [0.3, 0.4) is 0 Å². The lowest BCUT2D eigenvalue weighted by Crippen LogP contribution is -1.94. The Hall–Kier alpha value is -0.830. The average Bonchev–Trinajstić information content (AvgIpc) is 1.69. The molecule has 0 amide bonds. The molecule has 0 fully saturated rings. The second-order valence-electron chi connectivity index (χ2n) is 1.35. The van der Waals surface area contributed by atoms with E-state index in [0.717, 1.165) is 0 Å². The summed E-state index contributed by atoms with van der Waals surface area (Å²) >= 11 is 0. The fraction of sp³-hybridized carbons (Fsp3) is 0.400. The van der Waals surface area contributed by atoms with E-state index in [2.05, 4.69) is 0 Å². The van der Waals surface area contributed by atoms with E-state index in [1.807, 2.05) is 6.21 Å². The van der Waals surface area contributed by atoms with Crippen LogP contribution in [0.5, 0.6) is 0 Å². The van der Waals surface area contributed by atoms with Gasteiger partial charge in [-0.2, -0.15) is 0 Å². The summed E-state index contributed by atoms with van der Waals surface area (Å²) in [7, 11) is 0. The van der Waals surface area contributed by atoms with Crippen LogP contribution in [-0.2, 0) is 0 Å². The molecular weight excluding hydrogens is 106 g/mol. The van der Waals surface area contributed by atoms with Gasteiger partial charge >= 0.3 is 0 Å². The van der Waals surface area contributed by atoms with Gasteiger partial charge in [-0.15, -0.1) is 11.8 Å². The highest BCUT2D eigenvalue weighted by atomic mass is 16.3. The van der Waals surface area contributed by atoms with Crippen molar-refractivity contribution >= 4 is 6.21 Å². The minimum Gasteiger partial charge on any atom is -0.596 e. The van der Waals surface area contributed by atoms with Gasteiger partial charge in [0.25, 0.3) is 0 Å². The number of allylic oxidation sites excluding steroid dienone is 1. The molecule has 0 rings (SSSR count). The molecule has 0 aromatic rings. The van der Waals surface area contributed by atoms with Gasteiger partial charge in [-0.1, -0.05) is 12.7 Å². The molecule has 0 atom stereocenters. The normalized spacial score (nSPS) is 12.8. The van der Waals surface area contributed by atoms with Gasteiger partial charge in [0, 0.05) is 6.61 Å². The van der Waals surface area contributed by atoms with Gasteiger partial charge in [-0.05, 0) is 0 Å². The first-order valence-electron chi connectivity index (χ1n) is 2.14. The molecule has 0 saturated heterocycles. The maximum Gasteiger partial charge on any atom is 0.0395 e. The first-order valence-corrected chi connectivity index (χ1v) is 2.14. The predicted octanol–water partition coefficient (Wildman–Crippen LogP) is 0.337. The van der Waals surface area contributed by atoms with Gasteiger partial charge in [-0.3, -0.25) is 0 Å². The summed E-state index contributed by atoms with van der Waals surface area (Å²) in [6.07, 6.45) is 1.88. The van der Waals surface area contributed by atoms with Crippen LogP contribution in [0, 0.1) is 5.41 Å². The highest BCUT2D eigenvalue weighted by Gasteiger charge is 1.79. The van der Waals surface area contributed by atoms with E-state index in [9.17, 15) is 0 Å². The molecule has 0 radical (unpaired) electrons. The summed E-state index contributed by atoms with van der Waals surface area (Å²) in [5, 5.41) is 23.3. The molecule has 0 aliphatic rings. The van der Waals surface area contributed by atoms with Crippen LogP contribution < -0.4 is 0 Å². The van der Waals surface area contributed by atoms with Crippen molar-refractivity contribution in [1.82, 2.24) is 0 Å². The number of hydrogen-bond donors (Lipinski definition) is 3. The number of hydrogen-bond acceptors (Lipinski definition) is 3. The standard InChI is InChI=1S/C5H8NO2/c1-4(8)5(2-6)3-7/h6-8H,3H2,1H3/q-1/b5-4+. The van der Waals surface area contributed by atoms with Gasteiger partial charge in [-0.25, -0.2) is 0 Å². The van der Waals surface area contributed by atoms with Crippen molar-refractivity contribution in [1.29, 1.82) is 5.41 Å². The van der Waals surface area contributed by atoms with Gasteiger partial charge in [0.2, 0.25) is 0 Å². The highest BCUT2D eigenvalue weighted by molar-refractivity contribution is 5.76. The Balaban J connectivity index is 4.07. The Bertz CT molecular complexity index is 114. The van der Waals surface area contributed by atoms with Crippen molar-refractivity contribution < 1.29 is 10.2 Å². The van der Waals surface area contributed by atoms with Gasteiger partial charge in [0.15, 0.2) is 0 Å². The highest BCUT2D eigenvalue weighted by Crippen LogP contribution is 1.93. The van der Waals surface area contributed by atoms with E-state index in [-0.39, 0.29) is 17.9 Å². The molecule has 46 valence electrons. The molecule has 0 aliphatic heterocycles. The maximum absolute atomic E-state index is 8.55. The molecule has 8 heavy (non-hydrogen) atoms. The van der Waals surface area contributed by atoms with Gasteiger partial charge in [0.05, 0.1) is 0 Å². The fourth-order valence-corrected chi connectivity index (χ4v) is 0.244. The van der Waals surface area contributed by atoms with Crippen molar-refractivity contribution in [2.24, 2.45) is 0 Å². The zero-order chi connectivity index (χ0) is 6.57. The summed E-state index contributed by atoms with van der Waals surface area (Å²) < 4.78 is 0. The number of nitrogens with one attached hydrogen (secondary N) is 1. The summed E-state index contributed by atoms with van der Waals surface area (Å²) in [5.41, 5.74) is 0.130. The number of rotatable bonds is 2. The maximum atomic E-state index is 8.55. The molecule has 0 unspecified atom stereocenters. The Labute approximate surface area is 47.8 Å². The molecular formula is C5H8NO2-. The van der Waals surface area contributed by atoms with Crippen molar-refractivity contribution in [3.63, 3.8) is 0 Å². The van der Waals surface area contributed by atoms with Crippen molar-refractivity contribution in [3.8, 4) is 0 Å². The minimum absolute atomic E-state index is 0.0532. The third-order valence-corrected chi connectivity index (χ3v) is 0.746. The van der Waals surface area contributed by atoms with E-state index < -0.39 is 0 Å². The van der Waals surface area contributed by atoms with Crippen LogP contribution in [0.2, 0.25) is 0 Å². The summed E-state index contributed by atoms with van der Waals surface area (Å²) in [6, 6.07) is 0. The predicted molar refractivity (Wildman–Crippen MR) is 30.1 cm³/mol. The molecule has 0 aromatic carbocycles. The smallest absolute Gasteiger partial charge is 0.0395 e. The van der Waals surface area contributed by atoms with Crippen LogP contribution in [0.25, 0.3) is 0 Å². The molecule has 3 nitrogen and oxygen atoms in total. The Morgan fingerprint density at radius 2 is 2.25 bits per heavy atom. The zero-order valence-electron chi connectivity index (χ0n) is 4.60. The van der Waals surface area contributed by atoms with Gasteiger partial charge in [0.1, 0.15) is 0 Å². The third-order valence-electron chi connectivity index (χ3n) is 0.746. The third kappa shape index (κ3) is 1.75. The Morgan fingerprint density at radius 3 is 2.25 bits per heavy atom. The fourth-order valence-electron chi connectivity index (χ4n) is 0.244. The lowest BCUT2D eigenvalue weighted by molar-refractivity contribution is 0.323. The van der Waals surface area contributed by atoms with Crippen molar-refractivity contribution in [2.45, 2.75) is 6.92 Å². The lowest BCUT2D eigenvalue weighted by Gasteiger charge is -2.05. The van der Waals surface area contributed by atoms with Crippen LogP contribution in [-0.4, -0.2) is 23.0 Å². The number of aliphatic hydroxyl groups excluding tert-OH is 2. The first-order chi connectivity index (χ1) is 3.72. The van der Waals surface area contributed by atoms with Crippen molar-refractivity contribution in [2.75, 3.05) is 6.61 Å². The van der Waals surface area contributed by atoms with E-state index in [4.69, 9.17) is 15.6 Å². The average molecular weight is 114 g/mol. The van der Waals surface area contributed by atoms with Crippen molar-refractivity contribution in [3.05, 3.63) is 11.3 Å². The van der Waals surface area contributed by atoms with E-state index in [1.54, 1.807) is 0 Å². The summed E-state index contributed by atoms with van der Waals surface area (Å²) in [6.45, 7) is 1.07. The lowest BCUT2D eigenvalue weighted by atomic mass is 10.3. The minimum atomic E-state index is -0.328. The Kier molecular flexibility index (Phi) is 2.88. The summed E-state index contributed by atoms with van der Waals surface area (Å²) in [5.74, 6) is -0.0532. The quantitative estimate of drug-likeness (QED) is 0.275. The van der Waals surface area contributed by atoms with E-state index in [1.165, 1.54) is 6.92 Å². The van der Waals surface area contributed by atoms with Crippen LogP contribution in [0.1, 0.15) is 6.92 Å². The molecule has 0 aromatic heterocycles. The monoisotopic (exact) mass is 114 g/mol. The molecule has 3 heteroatoms. The second-order valence-corrected chi connectivity index (χ2v) is 1.35.